The number of piperidine rings is 1. The lowest BCUT2D eigenvalue weighted by Gasteiger charge is -2.39. The van der Waals surface area contributed by atoms with Crippen molar-refractivity contribution in [2.75, 3.05) is 18.4 Å². The van der Waals surface area contributed by atoms with Crippen molar-refractivity contribution >= 4 is 38.7 Å². The minimum absolute atomic E-state index is 0.179. The predicted octanol–water partition coefficient (Wildman–Crippen LogP) is 4.10. The number of ether oxygens (including phenoxy) is 1. The first kappa shape index (κ1) is 28.7. The molecule has 1 aromatic heterocycles. The molecule has 0 saturated carbocycles. The molecule has 14 heteroatoms. The molecule has 2 aromatic rings. The van der Waals surface area contributed by atoms with E-state index in [2.05, 4.69) is 19.8 Å². The van der Waals surface area contributed by atoms with Gasteiger partial charge in [0.15, 0.2) is 0 Å². The summed E-state index contributed by atoms with van der Waals surface area (Å²) in [5, 5.41) is 6.61. The van der Waals surface area contributed by atoms with E-state index in [1.165, 1.54) is 17.0 Å². The third-order valence-electron chi connectivity index (χ3n) is 6.47. The van der Waals surface area contributed by atoms with Crippen LogP contribution in [0.3, 0.4) is 0 Å². The Labute approximate surface area is 224 Å². The van der Waals surface area contributed by atoms with Crippen LogP contribution in [0, 0.1) is 0 Å². The molecule has 0 radical (unpaired) electrons. The van der Waals surface area contributed by atoms with E-state index in [0.717, 1.165) is 0 Å². The fourth-order valence-corrected chi connectivity index (χ4v) is 5.18. The molecular formula is C25H31F3N4O6S. The first-order valence-corrected chi connectivity index (χ1v) is 14.0. The second kappa shape index (κ2) is 10.7. The molecule has 39 heavy (non-hydrogen) atoms. The van der Waals surface area contributed by atoms with Crippen molar-refractivity contribution in [3.05, 3.63) is 30.0 Å². The zero-order valence-corrected chi connectivity index (χ0v) is 22.6. The molecule has 2 aliphatic heterocycles. The topological polar surface area (TPSA) is 127 Å². The maximum Gasteiger partial charge on any atom is 0.534 e. The van der Waals surface area contributed by atoms with E-state index in [1.807, 2.05) is 0 Å². The van der Waals surface area contributed by atoms with Crippen LogP contribution < -0.4 is 14.8 Å². The SMILES string of the molecule is CC(C)(C)OC(=O)N1CC[C@H]2C[C@H]1C(=O)NCCCCc1c(OS(=O)(=O)C(F)(F)F)ccc3ncc(cc13)N2. The Morgan fingerprint density at radius 2 is 1.92 bits per heavy atom. The van der Waals surface area contributed by atoms with E-state index in [4.69, 9.17) is 4.74 Å². The number of carbonyl (C=O) groups is 2. The lowest BCUT2D eigenvalue weighted by atomic mass is 9.95. The molecule has 1 fully saturated rings. The number of hydrogen-bond donors (Lipinski definition) is 2. The first-order chi connectivity index (χ1) is 18.1. The van der Waals surface area contributed by atoms with Crippen LogP contribution in [0.5, 0.6) is 5.75 Å². The van der Waals surface area contributed by atoms with Crippen LogP contribution in [0.25, 0.3) is 10.9 Å². The van der Waals surface area contributed by atoms with Gasteiger partial charge >= 0.3 is 21.7 Å². The number of nitrogens with one attached hydrogen (secondary N) is 2. The second-order valence-corrected chi connectivity index (χ2v) is 12.2. The summed E-state index contributed by atoms with van der Waals surface area (Å²) in [5.41, 5.74) is -5.03. The maximum absolute atomic E-state index is 13.1. The molecule has 0 aliphatic carbocycles. The van der Waals surface area contributed by atoms with E-state index in [-0.39, 0.29) is 37.0 Å². The standard InChI is InChI=1S/C25H31F3N4O6S/c1-24(2,3)37-23(34)32-11-9-15-13-20(32)22(33)29-10-5-4-6-17-18-12-16(31-15)14-30-19(18)7-8-21(17)38-39(35,36)25(26,27)28/h7-8,12,14-15,20,31H,4-6,9-11,13H2,1-3H3,(H,29,33)/t15-,20-/m0/s1. The van der Waals surface area contributed by atoms with Gasteiger partial charge in [-0.1, -0.05) is 0 Å². The number of benzene rings is 1. The molecule has 2 atom stereocenters. The Bertz CT molecular complexity index is 1360. The Balaban J connectivity index is 1.67. The molecule has 0 spiro atoms. The molecule has 214 valence electrons. The van der Waals surface area contributed by atoms with Crippen molar-refractivity contribution in [1.29, 1.82) is 0 Å². The van der Waals surface area contributed by atoms with Crippen molar-refractivity contribution in [3.63, 3.8) is 0 Å². The zero-order valence-electron chi connectivity index (χ0n) is 21.8. The number of alkyl halides is 3. The number of fused-ring (bicyclic) bond motifs is 3. The minimum atomic E-state index is -5.87. The van der Waals surface area contributed by atoms with Gasteiger partial charge in [0.1, 0.15) is 17.4 Å². The number of hydrogen-bond acceptors (Lipinski definition) is 8. The number of aromatic nitrogens is 1. The number of anilines is 1. The van der Waals surface area contributed by atoms with Gasteiger partial charge < -0.3 is 19.6 Å². The van der Waals surface area contributed by atoms with E-state index in [0.29, 0.717) is 42.3 Å². The van der Waals surface area contributed by atoms with E-state index in [9.17, 15) is 31.2 Å². The van der Waals surface area contributed by atoms with Gasteiger partial charge in [-0.2, -0.15) is 21.6 Å². The normalized spacial score (nSPS) is 21.1. The summed E-state index contributed by atoms with van der Waals surface area (Å²) in [7, 11) is -5.87. The molecule has 1 aromatic carbocycles. The van der Waals surface area contributed by atoms with Gasteiger partial charge in [0.2, 0.25) is 5.91 Å². The minimum Gasteiger partial charge on any atom is -0.444 e. The molecule has 4 bridgehead atoms. The summed E-state index contributed by atoms with van der Waals surface area (Å²) >= 11 is 0. The van der Waals surface area contributed by atoms with Gasteiger partial charge in [-0.15, -0.1) is 0 Å². The Hall–Kier alpha value is -3.29. The van der Waals surface area contributed by atoms with Crippen LogP contribution in [-0.4, -0.2) is 66.6 Å². The number of rotatable bonds is 2. The largest absolute Gasteiger partial charge is 0.534 e. The van der Waals surface area contributed by atoms with Gasteiger partial charge in [0.25, 0.3) is 0 Å². The smallest absolute Gasteiger partial charge is 0.444 e. The van der Waals surface area contributed by atoms with Gasteiger partial charge in [-0.25, -0.2) is 4.79 Å². The summed E-state index contributed by atoms with van der Waals surface area (Å²) in [6.07, 6.45) is 2.81. The van der Waals surface area contributed by atoms with Gasteiger partial charge in [-0.05, 0) is 71.1 Å². The van der Waals surface area contributed by atoms with Crippen molar-refractivity contribution in [2.24, 2.45) is 0 Å². The number of halogens is 3. The molecule has 2 N–H and O–H groups in total. The Morgan fingerprint density at radius 1 is 1.18 bits per heavy atom. The van der Waals surface area contributed by atoms with Crippen molar-refractivity contribution in [2.45, 2.75) is 76.1 Å². The summed E-state index contributed by atoms with van der Waals surface area (Å²) in [4.78, 5) is 31.8. The lowest BCUT2D eigenvalue weighted by molar-refractivity contribution is -0.127. The van der Waals surface area contributed by atoms with Crippen LogP contribution in [0.4, 0.5) is 23.7 Å². The molecule has 0 unspecified atom stereocenters. The number of carbonyl (C=O) groups excluding carboxylic acids is 2. The van der Waals surface area contributed by atoms with E-state index < -0.39 is 39.1 Å². The van der Waals surface area contributed by atoms with E-state index >= 15 is 0 Å². The van der Waals surface area contributed by atoms with Crippen molar-refractivity contribution in [1.82, 2.24) is 15.2 Å². The second-order valence-electron chi connectivity index (χ2n) is 10.6. The molecule has 4 rings (SSSR count). The Morgan fingerprint density at radius 3 is 2.62 bits per heavy atom. The fraction of sp³-hybridized carbons (Fsp3) is 0.560. The number of amides is 2. The molecule has 2 amide bonds. The van der Waals surface area contributed by atoms with Crippen LogP contribution >= 0.6 is 0 Å². The number of nitrogens with zero attached hydrogens (tertiary/aromatic N) is 2. The third kappa shape index (κ3) is 6.65. The monoisotopic (exact) mass is 572 g/mol. The summed E-state index contributed by atoms with van der Waals surface area (Å²) < 4.78 is 72.6. The summed E-state index contributed by atoms with van der Waals surface area (Å²) in [6, 6.07) is 3.28. The quantitative estimate of drug-likeness (QED) is 0.407. The van der Waals surface area contributed by atoms with Crippen molar-refractivity contribution < 1.29 is 40.1 Å². The van der Waals surface area contributed by atoms with Crippen LogP contribution in [0.15, 0.2) is 24.4 Å². The molecular weight excluding hydrogens is 541 g/mol. The summed E-state index contributed by atoms with van der Waals surface area (Å²) in [5.74, 6) is -0.751. The average molecular weight is 573 g/mol. The lowest BCUT2D eigenvalue weighted by Crippen LogP contribution is -2.56. The highest BCUT2D eigenvalue weighted by atomic mass is 32.2. The summed E-state index contributed by atoms with van der Waals surface area (Å²) in [6.45, 7) is 5.78. The van der Waals surface area contributed by atoms with Gasteiger partial charge in [0, 0.05) is 30.1 Å². The molecule has 3 heterocycles. The number of likely N-dealkylation sites (tertiary alicyclic amines) is 1. The molecule has 2 aliphatic rings. The van der Waals surface area contributed by atoms with E-state index in [1.54, 1.807) is 33.0 Å². The zero-order chi connectivity index (χ0) is 28.6. The van der Waals surface area contributed by atoms with Crippen molar-refractivity contribution in [3.8, 4) is 5.75 Å². The first-order valence-electron chi connectivity index (χ1n) is 12.6. The molecule has 10 nitrogen and oxygen atoms in total. The highest BCUT2D eigenvalue weighted by Gasteiger charge is 2.49. The number of pyridine rings is 1. The molecule has 1 saturated heterocycles. The highest BCUT2D eigenvalue weighted by Crippen LogP contribution is 2.35. The van der Waals surface area contributed by atoms with Crippen LogP contribution in [-0.2, 0) is 26.1 Å². The third-order valence-corrected chi connectivity index (χ3v) is 7.44. The van der Waals surface area contributed by atoms with Gasteiger partial charge in [-0.3, -0.25) is 14.7 Å². The average Bonchev–Trinajstić information content (AvgIpc) is 2.82. The predicted molar refractivity (Wildman–Crippen MR) is 137 cm³/mol. The highest BCUT2D eigenvalue weighted by molar-refractivity contribution is 7.88. The maximum atomic E-state index is 13.1. The number of aryl methyl sites for hydroxylation is 1. The Kier molecular flexibility index (Phi) is 7.88. The van der Waals surface area contributed by atoms with Crippen LogP contribution in [0.1, 0.15) is 52.0 Å². The van der Waals surface area contributed by atoms with Crippen LogP contribution in [0.2, 0.25) is 0 Å². The fourth-order valence-electron chi connectivity index (χ4n) is 4.69. The van der Waals surface area contributed by atoms with Gasteiger partial charge in [0.05, 0.1) is 17.4 Å².